The van der Waals surface area contributed by atoms with Crippen LogP contribution in [0.5, 0.6) is 11.5 Å². The Morgan fingerprint density at radius 2 is 1.53 bits per heavy atom. The molecule has 0 aliphatic heterocycles. The van der Waals surface area contributed by atoms with Crippen molar-refractivity contribution in [2.45, 2.75) is 17.9 Å². The first-order valence-corrected chi connectivity index (χ1v) is 11.4. The summed E-state index contributed by atoms with van der Waals surface area (Å²) in [6.45, 7) is 1.43. The Hall–Kier alpha value is -3.52. The lowest BCUT2D eigenvalue weighted by Crippen LogP contribution is -2.41. The van der Waals surface area contributed by atoms with E-state index in [-0.39, 0.29) is 16.6 Å². The van der Waals surface area contributed by atoms with Crippen LogP contribution in [0.3, 0.4) is 0 Å². The molecular weight excluding hydrogens is 428 g/mol. The van der Waals surface area contributed by atoms with Crippen molar-refractivity contribution in [1.29, 1.82) is 0 Å². The normalized spacial score (nSPS) is 12.0. The smallest absolute Gasteiger partial charge is 0.264 e. The summed E-state index contributed by atoms with van der Waals surface area (Å²) in [5.74, 6) is 0.616. The Labute approximate surface area is 188 Å². The van der Waals surface area contributed by atoms with Crippen LogP contribution in [-0.4, -0.2) is 35.1 Å². The lowest BCUT2D eigenvalue weighted by atomic mass is 10.1. The highest BCUT2D eigenvalue weighted by molar-refractivity contribution is 7.92. The third-order valence-electron chi connectivity index (χ3n) is 4.97. The molecule has 0 spiro atoms. The molecule has 0 radical (unpaired) electrons. The highest BCUT2D eigenvalue weighted by Gasteiger charge is 2.29. The SMILES string of the molecule is COc1ccc([C@@H](C)NC(=O)CN(c2ccccc2OC)S(=O)(=O)c2ccccc2)cc1. The van der Waals surface area contributed by atoms with Gasteiger partial charge in [-0.25, -0.2) is 8.42 Å². The number of benzene rings is 3. The average molecular weight is 455 g/mol. The molecule has 0 unspecified atom stereocenters. The summed E-state index contributed by atoms with van der Waals surface area (Å²) in [4.78, 5) is 13.0. The molecule has 3 rings (SSSR count). The van der Waals surface area contributed by atoms with E-state index in [1.54, 1.807) is 61.7 Å². The number of anilines is 1. The third kappa shape index (κ3) is 5.20. The van der Waals surface area contributed by atoms with Crippen LogP contribution in [0, 0.1) is 0 Å². The number of sulfonamides is 1. The van der Waals surface area contributed by atoms with E-state index in [1.807, 2.05) is 19.1 Å². The molecular formula is C24H26N2O5S. The summed E-state index contributed by atoms with van der Waals surface area (Å²) in [5.41, 5.74) is 1.15. The van der Waals surface area contributed by atoms with Crippen molar-refractivity contribution in [3.63, 3.8) is 0 Å². The molecule has 8 heteroatoms. The summed E-state index contributed by atoms with van der Waals surface area (Å²) in [5, 5.41) is 2.87. The fourth-order valence-corrected chi connectivity index (χ4v) is 4.70. The molecule has 3 aromatic carbocycles. The van der Waals surface area contributed by atoms with E-state index in [0.29, 0.717) is 11.5 Å². The quantitative estimate of drug-likeness (QED) is 0.532. The molecule has 1 amide bonds. The Morgan fingerprint density at radius 1 is 0.906 bits per heavy atom. The molecule has 1 N–H and O–H groups in total. The van der Waals surface area contributed by atoms with Gasteiger partial charge in [-0.3, -0.25) is 9.10 Å². The van der Waals surface area contributed by atoms with Crippen LogP contribution in [0.4, 0.5) is 5.69 Å². The Morgan fingerprint density at radius 3 is 2.16 bits per heavy atom. The minimum Gasteiger partial charge on any atom is -0.497 e. The predicted molar refractivity (Wildman–Crippen MR) is 124 cm³/mol. The van der Waals surface area contributed by atoms with Gasteiger partial charge in [0.2, 0.25) is 5.91 Å². The predicted octanol–water partition coefficient (Wildman–Crippen LogP) is 3.78. The highest BCUT2D eigenvalue weighted by Crippen LogP contribution is 2.32. The van der Waals surface area contributed by atoms with E-state index in [2.05, 4.69) is 5.32 Å². The Bertz CT molecular complexity index is 1150. The molecule has 7 nitrogen and oxygen atoms in total. The molecule has 0 saturated carbocycles. The molecule has 0 saturated heterocycles. The number of methoxy groups -OCH3 is 2. The molecule has 1 atom stereocenters. The van der Waals surface area contributed by atoms with Crippen LogP contribution in [0.15, 0.2) is 83.8 Å². The molecule has 0 aliphatic rings. The number of rotatable bonds is 9. The van der Waals surface area contributed by atoms with Gasteiger partial charge in [-0.1, -0.05) is 42.5 Å². The molecule has 3 aromatic rings. The summed E-state index contributed by atoms with van der Waals surface area (Å²) >= 11 is 0. The van der Waals surface area contributed by atoms with Gasteiger partial charge in [0.1, 0.15) is 18.0 Å². The number of nitrogens with one attached hydrogen (secondary N) is 1. The van der Waals surface area contributed by atoms with Gasteiger partial charge in [0.15, 0.2) is 0 Å². The first kappa shape index (κ1) is 23.1. The minimum atomic E-state index is -4.02. The molecule has 32 heavy (non-hydrogen) atoms. The molecule has 168 valence electrons. The summed E-state index contributed by atoms with van der Waals surface area (Å²) in [6.07, 6.45) is 0. The van der Waals surface area contributed by atoms with Gasteiger partial charge in [0.25, 0.3) is 10.0 Å². The van der Waals surface area contributed by atoms with Gasteiger partial charge in [-0.05, 0) is 48.9 Å². The first-order chi connectivity index (χ1) is 15.4. The monoisotopic (exact) mass is 454 g/mol. The summed E-state index contributed by atoms with van der Waals surface area (Å²) in [6, 6.07) is 21.7. The maximum absolute atomic E-state index is 13.4. The second-order valence-electron chi connectivity index (χ2n) is 7.06. The fourth-order valence-electron chi connectivity index (χ4n) is 3.25. The molecule has 0 aliphatic carbocycles. The molecule has 0 bridgehead atoms. The van der Waals surface area contributed by atoms with Crippen LogP contribution in [0.25, 0.3) is 0 Å². The van der Waals surface area contributed by atoms with Gasteiger partial charge < -0.3 is 14.8 Å². The van der Waals surface area contributed by atoms with Gasteiger partial charge in [0.05, 0.1) is 30.8 Å². The van der Waals surface area contributed by atoms with E-state index in [1.165, 1.54) is 19.2 Å². The van der Waals surface area contributed by atoms with Crippen molar-refractivity contribution < 1.29 is 22.7 Å². The molecule has 0 aromatic heterocycles. The van der Waals surface area contributed by atoms with E-state index in [9.17, 15) is 13.2 Å². The van der Waals surface area contributed by atoms with Crippen molar-refractivity contribution in [3.8, 4) is 11.5 Å². The van der Waals surface area contributed by atoms with E-state index in [0.717, 1.165) is 9.87 Å². The second kappa shape index (κ2) is 10.2. The van der Waals surface area contributed by atoms with E-state index >= 15 is 0 Å². The minimum absolute atomic E-state index is 0.0851. The number of carbonyl (C=O) groups is 1. The average Bonchev–Trinajstić information content (AvgIpc) is 2.83. The summed E-state index contributed by atoms with van der Waals surface area (Å²) in [7, 11) is -0.976. The molecule has 0 heterocycles. The Kier molecular flexibility index (Phi) is 7.37. The maximum atomic E-state index is 13.4. The first-order valence-electron chi connectivity index (χ1n) is 10.0. The Balaban J connectivity index is 1.89. The van der Waals surface area contributed by atoms with Crippen LogP contribution in [-0.2, 0) is 14.8 Å². The molecule has 0 fully saturated rings. The zero-order valence-corrected chi connectivity index (χ0v) is 19.0. The number of nitrogens with zero attached hydrogens (tertiary/aromatic N) is 1. The number of hydrogen-bond acceptors (Lipinski definition) is 5. The van der Waals surface area contributed by atoms with Crippen molar-refractivity contribution >= 4 is 21.6 Å². The number of para-hydroxylation sites is 2. The highest BCUT2D eigenvalue weighted by atomic mass is 32.2. The number of amides is 1. The van der Waals surface area contributed by atoms with Crippen molar-refractivity contribution in [2.75, 3.05) is 25.1 Å². The number of ether oxygens (including phenoxy) is 2. The van der Waals surface area contributed by atoms with Gasteiger partial charge in [-0.2, -0.15) is 0 Å². The lowest BCUT2D eigenvalue weighted by Gasteiger charge is -2.26. The summed E-state index contributed by atoms with van der Waals surface area (Å²) < 4.78 is 38.5. The zero-order valence-electron chi connectivity index (χ0n) is 18.2. The van der Waals surface area contributed by atoms with E-state index in [4.69, 9.17) is 9.47 Å². The number of hydrogen-bond donors (Lipinski definition) is 1. The van der Waals surface area contributed by atoms with Gasteiger partial charge >= 0.3 is 0 Å². The van der Waals surface area contributed by atoms with Gasteiger partial charge in [0, 0.05) is 0 Å². The van der Waals surface area contributed by atoms with E-state index < -0.39 is 22.5 Å². The van der Waals surface area contributed by atoms with Gasteiger partial charge in [-0.15, -0.1) is 0 Å². The lowest BCUT2D eigenvalue weighted by molar-refractivity contribution is -0.120. The maximum Gasteiger partial charge on any atom is 0.264 e. The van der Waals surface area contributed by atoms with Crippen LogP contribution in [0.2, 0.25) is 0 Å². The largest absolute Gasteiger partial charge is 0.497 e. The zero-order chi connectivity index (χ0) is 23.1. The standard InChI is InChI=1S/C24H26N2O5S/c1-18(19-13-15-20(30-2)16-14-19)25-24(27)17-26(22-11-7-8-12-23(22)31-3)32(28,29)21-9-5-4-6-10-21/h4-16,18H,17H2,1-3H3,(H,25,27)/t18-/m1/s1. The van der Waals surface area contributed by atoms with Crippen molar-refractivity contribution in [2.24, 2.45) is 0 Å². The topological polar surface area (TPSA) is 84.9 Å². The second-order valence-corrected chi connectivity index (χ2v) is 8.92. The van der Waals surface area contributed by atoms with Crippen molar-refractivity contribution in [3.05, 3.63) is 84.4 Å². The third-order valence-corrected chi connectivity index (χ3v) is 6.74. The number of carbonyl (C=O) groups excluding carboxylic acids is 1. The fraction of sp³-hybridized carbons (Fsp3) is 0.208. The van der Waals surface area contributed by atoms with Crippen LogP contribution < -0.4 is 19.1 Å². The van der Waals surface area contributed by atoms with Crippen LogP contribution in [0.1, 0.15) is 18.5 Å². The van der Waals surface area contributed by atoms with Crippen molar-refractivity contribution in [1.82, 2.24) is 5.32 Å². The van der Waals surface area contributed by atoms with Crippen LogP contribution >= 0.6 is 0 Å².